The number of aromatic nitrogens is 1. The molecule has 1 aromatic carbocycles. The predicted octanol–water partition coefficient (Wildman–Crippen LogP) is 3.67. The molecule has 1 aromatic heterocycles. The van der Waals surface area contributed by atoms with Crippen LogP contribution >= 0.6 is 0 Å². The molecule has 0 unspecified atom stereocenters. The standard InChI is InChI=1S/C19H23N3O/c1-14-6-8-15(9-7-14)12-21-19(23)18-11-10-17(13-20-18)22-16-4-2-3-5-16/h6-11,13,16,22H,2-5,12H2,1H3,(H,21,23). The van der Waals surface area contributed by atoms with Crippen molar-refractivity contribution in [3.05, 3.63) is 59.4 Å². The van der Waals surface area contributed by atoms with Gasteiger partial charge in [0.2, 0.25) is 0 Å². The molecule has 0 radical (unpaired) electrons. The molecule has 120 valence electrons. The first-order chi connectivity index (χ1) is 11.2. The first-order valence-electron chi connectivity index (χ1n) is 8.27. The zero-order valence-electron chi connectivity index (χ0n) is 13.5. The van der Waals surface area contributed by atoms with Crippen LogP contribution in [0.2, 0.25) is 0 Å². The molecule has 23 heavy (non-hydrogen) atoms. The summed E-state index contributed by atoms with van der Waals surface area (Å²) in [6, 6.07) is 12.4. The predicted molar refractivity (Wildman–Crippen MR) is 92.5 cm³/mol. The lowest BCUT2D eigenvalue weighted by atomic mass is 10.1. The van der Waals surface area contributed by atoms with E-state index >= 15 is 0 Å². The minimum absolute atomic E-state index is 0.141. The summed E-state index contributed by atoms with van der Waals surface area (Å²) in [6.45, 7) is 2.57. The molecule has 3 rings (SSSR count). The largest absolute Gasteiger partial charge is 0.381 e. The van der Waals surface area contributed by atoms with Crippen LogP contribution in [0.5, 0.6) is 0 Å². The lowest BCUT2D eigenvalue weighted by Crippen LogP contribution is -2.24. The van der Waals surface area contributed by atoms with Crippen molar-refractivity contribution in [1.29, 1.82) is 0 Å². The maximum Gasteiger partial charge on any atom is 0.270 e. The minimum Gasteiger partial charge on any atom is -0.381 e. The van der Waals surface area contributed by atoms with Crippen LogP contribution in [0.25, 0.3) is 0 Å². The smallest absolute Gasteiger partial charge is 0.270 e. The monoisotopic (exact) mass is 309 g/mol. The van der Waals surface area contributed by atoms with Gasteiger partial charge in [0.1, 0.15) is 5.69 Å². The molecule has 0 aliphatic heterocycles. The van der Waals surface area contributed by atoms with Crippen LogP contribution in [0.1, 0.15) is 47.3 Å². The van der Waals surface area contributed by atoms with Gasteiger partial charge in [-0.25, -0.2) is 4.98 Å². The SMILES string of the molecule is Cc1ccc(CNC(=O)c2ccc(NC3CCCC3)cn2)cc1. The number of rotatable bonds is 5. The highest BCUT2D eigenvalue weighted by molar-refractivity contribution is 5.92. The van der Waals surface area contributed by atoms with Crippen LogP contribution in [0, 0.1) is 6.92 Å². The summed E-state index contributed by atoms with van der Waals surface area (Å²) in [4.78, 5) is 16.4. The van der Waals surface area contributed by atoms with Crippen molar-refractivity contribution in [1.82, 2.24) is 10.3 Å². The van der Waals surface area contributed by atoms with E-state index < -0.39 is 0 Å². The Hall–Kier alpha value is -2.36. The number of nitrogens with zero attached hydrogens (tertiary/aromatic N) is 1. The van der Waals surface area contributed by atoms with Gasteiger partial charge < -0.3 is 10.6 Å². The van der Waals surface area contributed by atoms with E-state index in [0.717, 1.165) is 11.3 Å². The second-order valence-electron chi connectivity index (χ2n) is 6.23. The number of nitrogens with one attached hydrogen (secondary N) is 2. The molecule has 2 N–H and O–H groups in total. The van der Waals surface area contributed by atoms with Gasteiger partial charge in [-0.1, -0.05) is 42.7 Å². The molecule has 0 bridgehead atoms. The Balaban J connectivity index is 1.53. The van der Waals surface area contributed by atoms with Crippen LogP contribution in [0.3, 0.4) is 0 Å². The van der Waals surface area contributed by atoms with Gasteiger partial charge in [0, 0.05) is 12.6 Å². The quantitative estimate of drug-likeness (QED) is 0.886. The van der Waals surface area contributed by atoms with Crippen molar-refractivity contribution in [3.63, 3.8) is 0 Å². The van der Waals surface area contributed by atoms with E-state index in [1.165, 1.54) is 31.2 Å². The summed E-state index contributed by atoms with van der Waals surface area (Å²) in [5.41, 5.74) is 3.75. The van der Waals surface area contributed by atoms with Gasteiger partial charge in [-0.3, -0.25) is 4.79 Å². The normalized spacial score (nSPS) is 14.7. The number of pyridine rings is 1. The number of aryl methyl sites for hydroxylation is 1. The molecule has 1 aliphatic rings. The Kier molecular flexibility index (Phi) is 4.91. The fourth-order valence-electron chi connectivity index (χ4n) is 2.90. The van der Waals surface area contributed by atoms with E-state index in [-0.39, 0.29) is 5.91 Å². The third kappa shape index (κ3) is 4.31. The van der Waals surface area contributed by atoms with E-state index in [1.807, 2.05) is 37.3 Å². The molecule has 2 aromatic rings. The van der Waals surface area contributed by atoms with Gasteiger partial charge >= 0.3 is 0 Å². The van der Waals surface area contributed by atoms with Crippen molar-refractivity contribution in [3.8, 4) is 0 Å². The number of hydrogen-bond donors (Lipinski definition) is 2. The van der Waals surface area contributed by atoms with Gasteiger partial charge in [0.25, 0.3) is 5.91 Å². The van der Waals surface area contributed by atoms with Crippen LogP contribution in [0.4, 0.5) is 5.69 Å². The zero-order valence-corrected chi connectivity index (χ0v) is 13.5. The molecule has 1 saturated carbocycles. The highest BCUT2D eigenvalue weighted by Crippen LogP contribution is 2.21. The van der Waals surface area contributed by atoms with Crippen molar-refractivity contribution < 1.29 is 4.79 Å². The summed E-state index contributed by atoms with van der Waals surface area (Å²) in [6.07, 6.45) is 6.78. The third-order valence-electron chi connectivity index (χ3n) is 4.30. The average Bonchev–Trinajstić information content (AvgIpc) is 3.08. The Labute approximate surface area is 137 Å². The summed E-state index contributed by atoms with van der Waals surface area (Å²) in [5, 5.41) is 6.38. The van der Waals surface area contributed by atoms with Crippen LogP contribution < -0.4 is 10.6 Å². The third-order valence-corrected chi connectivity index (χ3v) is 4.30. The van der Waals surface area contributed by atoms with Gasteiger partial charge in [0.15, 0.2) is 0 Å². The molecular formula is C19H23N3O. The fourth-order valence-corrected chi connectivity index (χ4v) is 2.90. The van der Waals surface area contributed by atoms with E-state index in [0.29, 0.717) is 18.3 Å². The first-order valence-corrected chi connectivity index (χ1v) is 8.27. The van der Waals surface area contributed by atoms with Crippen molar-refractivity contribution in [2.45, 2.75) is 45.2 Å². The molecular weight excluding hydrogens is 286 g/mol. The molecule has 1 heterocycles. The molecule has 1 amide bonds. The topological polar surface area (TPSA) is 54.0 Å². The van der Waals surface area contributed by atoms with Gasteiger partial charge in [-0.05, 0) is 37.5 Å². The van der Waals surface area contributed by atoms with E-state index in [9.17, 15) is 4.79 Å². The van der Waals surface area contributed by atoms with Crippen LogP contribution in [-0.2, 0) is 6.54 Å². The van der Waals surface area contributed by atoms with Crippen molar-refractivity contribution in [2.24, 2.45) is 0 Å². The van der Waals surface area contributed by atoms with E-state index in [4.69, 9.17) is 0 Å². The fraction of sp³-hybridized carbons (Fsp3) is 0.368. The summed E-state index contributed by atoms with van der Waals surface area (Å²) in [7, 11) is 0. The highest BCUT2D eigenvalue weighted by Gasteiger charge is 2.14. The molecule has 0 saturated heterocycles. The Morgan fingerprint density at radius 2 is 1.87 bits per heavy atom. The second-order valence-corrected chi connectivity index (χ2v) is 6.23. The number of anilines is 1. The highest BCUT2D eigenvalue weighted by atomic mass is 16.1. The molecule has 4 heteroatoms. The molecule has 0 atom stereocenters. The Bertz CT molecular complexity index is 643. The zero-order chi connectivity index (χ0) is 16.1. The molecule has 0 spiro atoms. The summed E-state index contributed by atoms with van der Waals surface area (Å²) in [5.74, 6) is -0.141. The summed E-state index contributed by atoms with van der Waals surface area (Å²) >= 11 is 0. The number of carbonyl (C=O) groups excluding carboxylic acids is 1. The van der Waals surface area contributed by atoms with Crippen molar-refractivity contribution >= 4 is 11.6 Å². The maximum absolute atomic E-state index is 12.1. The number of carbonyl (C=O) groups is 1. The maximum atomic E-state index is 12.1. The lowest BCUT2D eigenvalue weighted by molar-refractivity contribution is 0.0946. The van der Waals surface area contributed by atoms with Gasteiger partial charge in [-0.15, -0.1) is 0 Å². The lowest BCUT2D eigenvalue weighted by Gasteiger charge is -2.13. The van der Waals surface area contributed by atoms with Gasteiger partial charge in [0.05, 0.1) is 11.9 Å². The number of hydrogen-bond acceptors (Lipinski definition) is 3. The molecule has 1 aliphatic carbocycles. The van der Waals surface area contributed by atoms with E-state index in [2.05, 4.69) is 15.6 Å². The second kappa shape index (κ2) is 7.27. The van der Waals surface area contributed by atoms with E-state index in [1.54, 1.807) is 12.3 Å². The van der Waals surface area contributed by atoms with Crippen LogP contribution in [-0.4, -0.2) is 16.9 Å². The number of amides is 1. The Morgan fingerprint density at radius 3 is 2.52 bits per heavy atom. The summed E-state index contributed by atoms with van der Waals surface area (Å²) < 4.78 is 0. The van der Waals surface area contributed by atoms with Crippen molar-refractivity contribution in [2.75, 3.05) is 5.32 Å². The minimum atomic E-state index is -0.141. The average molecular weight is 309 g/mol. The van der Waals surface area contributed by atoms with Crippen LogP contribution in [0.15, 0.2) is 42.6 Å². The Morgan fingerprint density at radius 1 is 1.13 bits per heavy atom. The van der Waals surface area contributed by atoms with Gasteiger partial charge in [-0.2, -0.15) is 0 Å². The molecule has 4 nitrogen and oxygen atoms in total. The number of benzene rings is 1. The first kappa shape index (κ1) is 15.5. The molecule has 1 fully saturated rings.